The van der Waals surface area contributed by atoms with Crippen LogP contribution in [-0.4, -0.2) is 63.1 Å². The summed E-state index contributed by atoms with van der Waals surface area (Å²) in [7, 11) is 0. The Balaban J connectivity index is 0.000000798. The Labute approximate surface area is 314 Å². The zero-order chi connectivity index (χ0) is 38.6. The first-order chi connectivity index (χ1) is 25.8. The second-order valence-corrected chi connectivity index (χ2v) is 10.0. The number of hydrogen-bond donors (Lipinski definition) is 9. The van der Waals surface area contributed by atoms with Gasteiger partial charge in [0.2, 0.25) is 11.6 Å². The maximum absolute atomic E-state index is 9.24. The zero-order valence-corrected chi connectivity index (χ0v) is 27.7. The van der Waals surface area contributed by atoms with Crippen molar-refractivity contribution in [1.82, 2.24) is 31.2 Å². The average Bonchev–Trinajstić information content (AvgIpc) is 3.22. The Kier molecular flexibility index (Phi) is 18.8. The Morgan fingerprint density at radius 2 is 0.709 bits per heavy atom. The van der Waals surface area contributed by atoms with E-state index in [-0.39, 0.29) is 43.1 Å². The number of nitrogens with one attached hydrogen (secondary N) is 4. The molecule has 0 spiro atoms. The quantitative estimate of drug-likeness (QED) is 0.103. The third kappa shape index (κ3) is 13.7. The second-order valence-electron chi connectivity index (χ2n) is 10.0. The minimum absolute atomic E-state index is 0. The number of aromatic nitrogens is 4. The van der Waals surface area contributed by atoms with E-state index in [4.69, 9.17) is 31.4 Å². The number of hydrogen-bond acceptors (Lipinski definition) is 18. The molecular formula is C36H37N11O8. The molecule has 55 heavy (non-hydrogen) atoms. The highest BCUT2D eigenvalue weighted by Crippen LogP contribution is 2.20. The highest BCUT2D eigenvalue weighted by Gasteiger charge is 2.11. The molecule has 0 fully saturated rings. The summed E-state index contributed by atoms with van der Waals surface area (Å²) >= 11 is 0. The predicted octanol–water partition coefficient (Wildman–Crippen LogP) is 5.31. The minimum Gasteiger partial charge on any atom is -0.508 e. The van der Waals surface area contributed by atoms with Gasteiger partial charge < -0.3 is 31.0 Å². The van der Waals surface area contributed by atoms with Crippen molar-refractivity contribution in [3.63, 3.8) is 0 Å². The lowest BCUT2D eigenvalue weighted by Gasteiger charge is -2.15. The molecule has 0 amide bonds. The number of hydrazone groups is 2. The number of rotatable bonds is 4. The monoisotopic (exact) mass is 751 g/mol. The van der Waals surface area contributed by atoms with Gasteiger partial charge in [0.25, 0.3) is 0 Å². The SMILES string of the molecule is C.N#Cc1ccc(O)cc1.N=N.O.O=O.Oc1ccc(-c2nnc(-c3ccc(O)cc3)nn2)cc1.Oc1ccc(C2=NNC(c3ccc(O)cc3)=NN2)cc1.[HH]. The molecule has 0 aliphatic carbocycles. The van der Waals surface area contributed by atoms with Crippen molar-refractivity contribution >= 4 is 11.7 Å². The van der Waals surface area contributed by atoms with E-state index in [1.54, 1.807) is 109 Å². The summed E-state index contributed by atoms with van der Waals surface area (Å²) in [6, 6.07) is 34.3. The molecule has 6 aromatic rings. The van der Waals surface area contributed by atoms with Gasteiger partial charge >= 0.3 is 0 Å². The molecule has 0 unspecified atom stereocenters. The maximum atomic E-state index is 9.24. The molecule has 19 nitrogen and oxygen atoms in total. The Morgan fingerprint density at radius 3 is 0.945 bits per heavy atom. The van der Waals surface area contributed by atoms with Crippen molar-refractivity contribution in [1.29, 1.82) is 16.3 Å². The molecule has 2 heterocycles. The molecular weight excluding hydrogens is 714 g/mol. The molecule has 1 aliphatic heterocycles. The van der Waals surface area contributed by atoms with E-state index in [1.165, 1.54) is 12.1 Å². The largest absolute Gasteiger partial charge is 0.508 e. The van der Waals surface area contributed by atoms with E-state index in [0.717, 1.165) is 22.3 Å². The normalized spacial score (nSPS) is 10.3. The molecule has 7 rings (SSSR count). The number of amidine groups is 2. The molecule has 0 atom stereocenters. The number of benzene rings is 5. The number of phenolic OH excluding ortho intramolecular Hbond substituents is 5. The van der Waals surface area contributed by atoms with Crippen LogP contribution in [0.3, 0.4) is 0 Å². The molecule has 0 saturated carbocycles. The third-order valence-corrected chi connectivity index (χ3v) is 6.55. The number of phenols is 5. The van der Waals surface area contributed by atoms with Gasteiger partial charge in [-0.25, -0.2) is 11.1 Å². The molecule has 19 heteroatoms. The Hall–Kier alpha value is -8.37. The first-order valence-corrected chi connectivity index (χ1v) is 14.8. The summed E-state index contributed by atoms with van der Waals surface area (Å²) < 4.78 is 0. The minimum atomic E-state index is 0. The molecule has 0 saturated heterocycles. The highest BCUT2D eigenvalue weighted by molar-refractivity contribution is 6.06. The number of aromatic hydroxyl groups is 5. The van der Waals surface area contributed by atoms with E-state index in [2.05, 4.69) is 41.4 Å². The van der Waals surface area contributed by atoms with Gasteiger partial charge in [0.05, 0.1) is 11.6 Å². The van der Waals surface area contributed by atoms with Crippen molar-refractivity contribution in [2.75, 3.05) is 0 Å². The van der Waals surface area contributed by atoms with E-state index in [9.17, 15) is 20.4 Å². The predicted molar refractivity (Wildman–Crippen MR) is 205 cm³/mol. The van der Waals surface area contributed by atoms with Crippen LogP contribution in [0.4, 0.5) is 0 Å². The van der Waals surface area contributed by atoms with E-state index in [1.807, 2.05) is 6.07 Å². The fourth-order valence-corrected chi connectivity index (χ4v) is 3.98. The average molecular weight is 752 g/mol. The number of nitrogens with zero attached hydrogens (tertiary/aromatic N) is 7. The summed E-state index contributed by atoms with van der Waals surface area (Å²) in [5, 5.41) is 78.4. The van der Waals surface area contributed by atoms with E-state index in [0.29, 0.717) is 28.9 Å². The summed E-state index contributed by atoms with van der Waals surface area (Å²) in [5.74, 6) is 2.83. The summed E-state index contributed by atoms with van der Waals surface area (Å²) in [5.41, 5.74) is 19.3. The van der Waals surface area contributed by atoms with Gasteiger partial charge in [-0.05, 0) is 121 Å². The van der Waals surface area contributed by atoms with Crippen LogP contribution in [0.15, 0.2) is 132 Å². The smallest absolute Gasteiger partial charge is 0.203 e. The fourth-order valence-electron chi connectivity index (χ4n) is 3.98. The molecule has 0 radical (unpaired) electrons. The maximum Gasteiger partial charge on any atom is 0.203 e. The first-order valence-electron chi connectivity index (χ1n) is 14.8. The van der Waals surface area contributed by atoms with Gasteiger partial charge in [0, 0.05) is 33.6 Å². The molecule has 1 aliphatic rings. The van der Waals surface area contributed by atoms with Gasteiger partial charge in [-0.3, -0.25) is 10.9 Å². The third-order valence-electron chi connectivity index (χ3n) is 6.55. The standard InChI is InChI=1S/C14H12N4O2.C14H10N4O2.C7H5NO.CH4.H2N2.O2.H2O.H2/c2*19-11-5-1-9(2-6-11)13-15-17-14(18-16-13)10-3-7-12(20)8-4-10;8-5-6-1-3-7(9)4-2-6;;2*1-2;;/h1-8,19-20H,(H,15,16)(H,17,18);1-8,19-20H;1-4,9H;1H4;1-2H;;1H2;1H. The highest BCUT2D eigenvalue weighted by atomic mass is 16.7. The molecule has 5 aromatic carbocycles. The lowest BCUT2D eigenvalue weighted by atomic mass is 10.2. The summed E-state index contributed by atoms with van der Waals surface area (Å²) in [6.07, 6.45) is 0. The van der Waals surface area contributed by atoms with Crippen molar-refractivity contribution in [2.45, 2.75) is 7.43 Å². The van der Waals surface area contributed by atoms with Gasteiger partial charge in [0.15, 0.2) is 11.7 Å². The van der Waals surface area contributed by atoms with E-state index >= 15 is 0 Å². The van der Waals surface area contributed by atoms with Crippen molar-refractivity contribution in [2.24, 2.45) is 10.2 Å². The molecule has 0 bridgehead atoms. The lowest BCUT2D eigenvalue weighted by Crippen LogP contribution is -2.34. The molecule has 1 aromatic heterocycles. The van der Waals surface area contributed by atoms with Crippen LogP contribution < -0.4 is 10.9 Å². The Bertz CT molecular complexity index is 2010. The van der Waals surface area contributed by atoms with Crippen molar-refractivity contribution < 1.29 is 32.4 Å². The zero-order valence-electron chi connectivity index (χ0n) is 27.7. The summed E-state index contributed by atoms with van der Waals surface area (Å²) in [4.78, 5) is 14.0. The topological polar surface area (TPSA) is 339 Å². The molecule has 284 valence electrons. The van der Waals surface area contributed by atoms with Crippen molar-refractivity contribution in [3.05, 3.63) is 148 Å². The first kappa shape index (κ1) is 44.7. The Morgan fingerprint density at radius 1 is 0.473 bits per heavy atom. The lowest BCUT2D eigenvalue weighted by molar-refractivity contribution is 0.474. The fraction of sp³-hybridized carbons (Fsp3) is 0.0278. The van der Waals surface area contributed by atoms with Gasteiger partial charge in [0.1, 0.15) is 28.7 Å². The van der Waals surface area contributed by atoms with Crippen LogP contribution in [0, 0.1) is 32.3 Å². The van der Waals surface area contributed by atoms with Gasteiger partial charge in [-0.15, -0.1) is 20.4 Å². The van der Waals surface area contributed by atoms with Crippen LogP contribution in [0.25, 0.3) is 22.8 Å². The van der Waals surface area contributed by atoms with Crippen LogP contribution in [0.1, 0.15) is 25.5 Å². The van der Waals surface area contributed by atoms with Crippen LogP contribution in [0.5, 0.6) is 28.7 Å². The van der Waals surface area contributed by atoms with E-state index < -0.39 is 0 Å². The summed E-state index contributed by atoms with van der Waals surface area (Å²) in [6.45, 7) is 0. The van der Waals surface area contributed by atoms with Gasteiger partial charge in [-0.1, -0.05) is 7.43 Å². The van der Waals surface area contributed by atoms with Crippen molar-refractivity contribution in [3.8, 4) is 57.6 Å². The second kappa shape index (κ2) is 23.2. The van der Waals surface area contributed by atoms with Crippen LogP contribution >= 0.6 is 0 Å². The van der Waals surface area contributed by atoms with Crippen LogP contribution in [0.2, 0.25) is 0 Å². The van der Waals surface area contributed by atoms with Crippen LogP contribution in [-0.2, 0) is 0 Å². The number of nitriles is 1. The molecule has 11 N–H and O–H groups in total. The van der Waals surface area contributed by atoms with Gasteiger partial charge in [-0.2, -0.15) is 15.5 Å².